The number of halogens is 1. The first-order valence-electron chi connectivity index (χ1n) is 14.4. The van der Waals surface area contributed by atoms with Crippen molar-refractivity contribution in [2.24, 2.45) is 5.92 Å². The summed E-state index contributed by atoms with van der Waals surface area (Å²) in [7, 11) is 1.34. The van der Waals surface area contributed by atoms with E-state index in [1.807, 2.05) is 31.2 Å². The Bertz CT molecular complexity index is 1680. The Kier molecular flexibility index (Phi) is 8.67. The number of fused-ring (bicyclic) bond motifs is 4. The highest BCUT2D eigenvalue weighted by Crippen LogP contribution is 2.37. The van der Waals surface area contributed by atoms with Gasteiger partial charge < -0.3 is 15.0 Å². The number of nitriles is 1. The molecule has 9 heteroatoms. The maximum atomic E-state index is 15.1. The van der Waals surface area contributed by atoms with Crippen LogP contribution in [0.2, 0.25) is 0 Å². The molecule has 5 rings (SSSR count). The molecule has 2 aromatic carbocycles. The monoisotopic (exact) mass is 580 g/mol. The lowest BCUT2D eigenvalue weighted by molar-refractivity contribution is -0.139. The first-order valence-corrected chi connectivity index (χ1v) is 14.4. The van der Waals surface area contributed by atoms with Gasteiger partial charge in [-0.2, -0.15) is 5.26 Å². The van der Waals surface area contributed by atoms with Gasteiger partial charge >= 0.3 is 5.97 Å². The second kappa shape index (κ2) is 12.6. The number of nitrogens with one attached hydrogen (secondary N) is 1. The van der Waals surface area contributed by atoms with E-state index in [0.717, 1.165) is 11.1 Å². The fourth-order valence-corrected chi connectivity index (χ4v) is 5.81. The molecule has 3 aromatic rings. The quantitative estimate of drug-likeness (QED) is 0.385. The summed E-state index contributed by atoms with van der Waals surface area (Å²) in [5.74, 6) is -1.54. The molecule has 2 bridgehead atoms. The minimum atomic E-state index is -0.479. The van der Waals surface area contributed by atoms with Crippen molar-refractivity contribution in [1.82, 2.24) is 9.88 Å². The molecule has 220 valence electrons. The van der Waals surface area contributed by atoms with Crippen LogP contribution >= 0.6 is 0 Å². The molecular formula is C34H33FN4O4. The Morgan fingerprint density at radius 3 is 2.74 bits per heavy atom. The Balaban J connectivity index is 1.53. The van der Waals surface area contributed by atoms with Gasteiger partial charge in [0.1, 0.15) is 5.82 Å². The van der Waals surface area contributed by atoms with Crippen LogP contribution in [0.25, 0.3) is 16.7 Å². The molecule has 0 saturated heterocycles. The number of aryl methyl sites for hydroxylation is 1. The Labute approximate surface area is 250 Å². The van der Waals surface area contributed by atoms with Gasteiger partial charge in [-0.05, 0) is 72.7 Å². The lowest BCUT2D eigenvalue weighted by Crippen LogP contribution is -2.38. The average Bonchev–Trinajstić information content (AvgIpc) is 3.00. The van der Waals surface area contributed by atoms with Crippen LogP contribution in [0, 0.1) is 30.0 Å². The summed E-state index contributed by atoms with van der Waals surface area (Å²) in [6, 6.07) is 14.1. The number of carbonyl (C=O) groups excluding carboxylic acids is 3. The number of methoxy groups -OCH3 is 1. The highest BCUT2D eigenvalue weighted by Gasteiger charge is 2.31. The zero-order valence-electron chi connectivity index (χ0n) is 24.4. The Morgan fingerprint density at radius 2 is 2.00 bits per heavy atom. The van der Waals surface area contributed by atoms with E-state index in [1.165, 1.54) is 13.2 Å². The van der Waals surface area contributed by atoms with Gasteiger partial charge in [0, 0.05) is 41.5 Å². The largest absolute Gasteiger partial charge is 0.469 e. The van der Waals surface area contributed by atoms with E-state index in [2.05, 4.69) is 16.4 Å². The maximum Gasteiger partial charge on any atom is 0.309 e. The number of esters is 1. The Morgan fingerprint density at radius 1 is 1.19 bits per heavy atom. The topological polar surface area (TPSA) is 112 Å². The van der Waals surface area contributed by atoms with Gasteiger partial charge in [-0.1, -0.05) is 31.5 Å². The second-order valence-corrected chi connectivity index (χ2v) is 11.1. The van der Waals surface area contributed by atoms with Crippen molar-refractivity contribution >= 4 is 29.0 Å². The van der Waals surface area contributed by atoms with Gasteiger partial charge in [-0.3, -0.25) is 19.4 Å². The zero-order chi connectivity index (χ0) is 30.7. The molecule has 0 spiro atoms. The average molecular weight is 581 g/mol. The van der Waals surface area contributed by atoms with Gasteiger partial charge in [0.25, 0.3) is 0 Å². The predicted octanol–water partition coefficient (Wildman–Crippen LogP) is 5.90. The fraction of sp³-hybridized carbons (Fsp3) is 0.324. The third-order valence-electron chi connectivity index (χ3n) is 8.27. The molecule has 43 heavy (non-hydrogen) atoms. The summed E-state index contributed by atoms with van der Waals surface area (Å²) in [5.41, 5.74) is 4.91. The Hall–Kier alpha value is -4.84. The number of anilines is 1. The molecule has 1 aromatic heterocycles. The smallest absolute Gasteiger partial charge is 0.309 e. The van der Waals surface area contributed by atoms with Crippen molar-refractivity contribution in [1.29, 1.82) is 5.26 Å². The van der Waals surface area contributed by atoms with Gasteiger partial charge in [0.2, 0.25) is 11.8 Å². The molecule has 2 aliphatic heterocycles. The van der Waals surface area contributed by atoms with E-state index in [1.54, 1.807) is 36.2 Å². The standard InChI is InChI=1S/C34H33FN4O4/c1-20-7-9-25(19-36)32(33(20)35)24-12-14-39(30(40)18-24)29-6-4-5-21(2)34(42)38-27-15-22(16-31(41)43-3)8-10-26(27)23-11-13-37-28(29)17-23/h7-11,13,15,17-18,21,29H,4-6,12,14,16H2,1-3H3,(H,38,42)/t21-,29+/m1/s1. The number of pyridine rings is 1. The third-order valence-corrected chi connectivity index (χ3v) is 8.27. The van der Waals surface area contributed by atoms with Gasteiger partial charge in [0.15, 0.2) is 0 Å². The van der Waals surface area contributed by atoms with Crippen molar-refractivity contribution in [3.8, 4) is 17.2 Å². The second-order valence-electron chi connectivity index (χ2n) is 11.1. The van der Waals surface area contributed by atoms with E-state index in [9.17, 15) is 19.6 Å². The van der Waals surface area contributed by atoms with Gasteiger partial charge in [-0.15, -0.1) is 0 Å². The van der Waals surface area contributed by atoms with E-state index in [4.69, 9.17) is 4.74 Å². The SMILES string of the molecule is COC(=O)Cc1ccc2c(c1)NC(=O)[C@H](C)CCC[C@H](N1CCC(c3c(C#N)ccc(C)c3F)=CC1=O)c1cc-2ccn1. The van der Waals surface area contributed by atoms with Crippen molar-refractivity contribution in [3.05, 3.63) is 88.5 Å². The number of aromatic nitrogens is 1. The maximum absolute atomic E-state index is 15.1. The highest BCUT2D eigenvalue weighted by molar-refractivity contribution is 5.98. The molecule has 2 aliphatic rings. The number of hydrogen-bond acceptors (Lipinski definition) is 6. The molecule has 1 N–H and O–H groups in total. The fourth-order valence-electron chi connectivity index (χ4n) is 5.81. The zero-order valence-corrected chi connectivity index (χ0v) is 24.4. The molecule has 2 atom stereocenters. The molecule has 0 radical (unpaired) electrons. The van der Waals surface area contributed by atoms with Crippen LogP contribution in [0.1, 0.15) is 66.6 Å². The summed E-state index contributed by atoms with van der Waals surface area (Å²) >= 11 is 0. The van der Waals surface area contributed by atoms with Crippen LogP contribution in [0.4, 0.5) is 10.1 Å². The summed E-state index contributed by atoms with van der Waals surface area (Å²) in [6.45, 7) is 3.85. The third kappa shape index (κ3) is 6.19. The van der Waals surface area contributed by atoms with E-state index >= 15 is 4.39 Å². The number of carbonyl (C=O) groups is 3. The molecular weight excluding hydrogens is 547 g/mol. The van der Waals surface area contributed by atoms with Crippen LogP contribution in [-0.2, 0) is 25.5 Å². The van der Waals surface area contributed by atoms with Crippen molar-refractivity contribution in [3.63, 3.8) is 0 Å². The molecule has 0 aliphatic carbocycles. The molecule has 8 nitrogen and oxygen atoms in total. The minimum Gasteiger partial charge on any atom is -0.469 e. The summed E-state index contributed by atoms with van der Waals surface area (Å²) in [6.07, 6.45) is 5.47. The van der Waals surface area contributed by atoms with Crippen LogP contribution in [0.5, 0.6) is 0 Å². The number of nitrogens with zero attached hydrogens (tertiary/aromatic N) is 3. The molecule has 0 fully saturated rings. The summed E-state index contributed by atoms with van der Waals surface area (Å²) in [4.78, 5) is 45.1. The molecule has 3 heterocycles. The molecule has 0 unspecified atom stereocenters. The number of amides is 2. The lowest BCUT2D eigenvalue weighted by Gasteiger charge is -2.34. The predicted molar refractivity (Wildman–Crippen MR) is 160 cm³/mol. The lowest BCUT2D eigenvalue weighted by atomic mass is 9.90. The van der Waals surface area contributed by atoms with Crippen molar-refractivity contribution < 1.29 is 23.5 Å². The summed E-state index contributed by atoms with van der Waals surface area (Å²) in [5, 5.41) is 12.6. The van der Waals surface area contributed by atoms with Crippen molar-refractivity contribution in [2.45, 2.75) is 52.0 Å². The highest BCUT2D eigenvalue weighted by atomic mass is 19.1. The van der Waals surface area contributed by atoms with Gasteiger partial charge in [0.05, 0.1) is 36.9 Å². The van der Waals surface area contributed by atoms with Gasteiger partial charge in [-0.25, -0.2) is 4.39 Å². The van der Waals surface area contributed by atoms with Crippen LogP contribution in [-0.4, -0.2) is 41.3 Å². The van der Waals surface area contributed by atoms with E-state index < -0.39 is 5.82 Å². The van der Waals surface area contributed by atoms with Crippen LogP contribution in [0.3, 0.4) is 0 Å². The normalized spacial score (nSPS) is 18.8. The van der Waals surface area contributed by atoms with Crippen LogP contribution < -0.4 is 5.32 Å². The number of hydrogen-bond donors (Lipinski definition) is 1. The van der Waals surface area contributed by atoms with Crippen molar-refractivity contribution in [2.75, 3.05) is 19.0 Å². The molecule has 2 amide bonds. The number of rotatable bonds is 4. The first kappa shape index (κ1) is 29.6. The minimum absolute atomic E-state index is 0.0771. The van der Waals surface area contributed by atoms with Crippen LogP contribution in [0.15, 0.2) is 54.7 Å². The molecule has 0 saturated carbocycles. The number of benzene rings is 2. The summed E-state index contributed by atoms with van der Waals surface area (Å²) < 4.78 is 19.9. The van der Waals surface area contributed by atoms with E-state index in [-0.39, 0.29) is 47.3 Å². The number of ether oxygens (including phenoxy) is 1. The first-order chi connectivity index (χ1) is 20.7. The van der Waals surface area contributed by atoms with E-state index in [0.29, 0.717) is 60.3 Å².